The summed E-state index contributed by atoms with van der Waals surface area (Å²) in [6.45, 7) is 5.10. The first-order valence-electron chi connectivity index (χ1n) is 6.69. The van der Waals surface area contributed by atoms with Gasteiger partial charge >= 0.3 is 0 Å². The molecule has 1 unspecified atom stereocenters. The van der Waals surface area contributed by atoms with E-state index in [-0.39, 0.29) is 6.10 Å². The predicted octanol–water partition coefficient (Wildman–Crippen LogP) is 1.15. The van der Waals surface area contributed by atoms with Crippen molar-refractivity contribution in [3.8, 4) is 0 Å². The van der Waals surface area contributed by atoms with Crippen LogP contribution in [-0.2, 0) is 11.3 Å². The van der Waals surface area contributed by atoms with Gasteiger partial charge < -0.3 is 4.74 Å². The van der Waals surface area contributed by atoms with Crippen LogP contribution in [0.5, 0.6) is 0 Å². The third kappa shape index (κ3) is 3.15. The zero-order chi connectivity index (χ0) is 13.8. The van der Waals surface area contributed by atoms with Crippen LogP contribution in [0.1, 0.15) is 23.3 Å². The van der Waals surface area contributed by atoms with Crippen LogP contribution in [0.15, 0.2) is 30.9 Å². The number of nitrogens with zero attached hydrogens (tertiary/aromatic N) is 5. The van der Waals surface area contributed by atoms with Gasteiger partial charge in [0.05, 0.1) is 18.0 Å². The quantitative estimate of drug-likeness (QED) is 0.834. The molecule has 6 heteroatoms. The molecule has 1 saturated heterocycles. The highest BCUT2D eigenvalue weighted by atomic mass is 16.5. The second kappa shape index (κ2) is 6.02. The molecule has 1 atom stereocenters. The molecule has 104 valence electrons. The van der Waals surface area contributed by atoms with Crippen molar-refractivity contribution in [3.63, 3.8) is 0 Å². The third-order valence-corrected chi connectivity index (χ3v) is 3.28. The Balaban J connectivity index is 1.67. The van der Waals surface area contributed by atoms with Crippen molar-refractivity contribution in [1.82, 2.24) is 24.8 Å². The lowest BCUT2D eigenvalue weighted by atomic mass is 10.2. The lowest BCUT2D eigenvalue weighted by molar-refractivity contribution is -0.0355. The summed E-state index contributed by atoms with van der Waals surface area (Å²) in [6.07, 6.45) is 7.00. The van der Waals surface area contributed by atoms with Crippen LogP contribution in [-0.4, -0.2) is 44.5 Å². The molecule has 3 rings (SSSR count). The van der Waals surface area contributed by atoms with E-state index in [2.05, 4.69) is 24.8 Å². The normalized spacial score (nSPS) is 19.9. The minimum Gasteiger partial charge on any atom is -0.369 e. The van der Waals surface area contributed by atoms with E-state index in [0.717, 1.165) is 36.8 Å². The molecule has 3 heterocycles. The van der Waals surface area contributed by atoms with Crippen LogP contribution >= 0.6 is 0 Å². The monoisotopic (exact) mass is 271 g/mol. The van der Waals surface area contributed by atoms with Crippen molar-refractivity contribution in [2.45, 2.75) is 19.6 Å². The fraction of sp³-hybridized carbons (Fsp3) is 0.429. The minimum absolute atomic E-state index is 0.00196. The summed E-state index contributed by atoms with van der Waals surface area (Å²) in [7, 11) is 0. The lowest BCUT2D eigenvalue weighted by Crippen LogP contribution is -2.38. The molecule has 1 fully saturated rings. The van der Waals surface area contributed by atoms with Gasteiger partial charge in [-0.05, 0) is 13.0 Å². The van der Waals surface area contributed by atoms with E-state index in [9.17, 15) is 0 Å². The van der Waals surface area contributed by atoms with E-state index in [4.69, 9.17) is 4.74 Å². The maximum atomic E-state index is 5.82. The average molecular weight is 271 g/mol. The number of hydrogen-bond acceptors (Lipinski definition) is 6. The largest absolute Gasteiger partial charge is 0.369 e. The van der Waals surface area contributed by atoms with Gasteiger partial charge in [0.2, 0.25) is 0 Å². The molecule has 2 aromatic heterocycles. The average Bonchev–Trinajstić information content (AvgIpc) is 2.49. The molecule has 20 heavy (non-hydrogen) atoms. The van der Waals surface area contributed by atoms with Crippen LogP contribution in [0.25, 0.3) is 0 Å². The Morgan fingerprint density at radius 2 is 2.25 bits per heavy atom. The predicted molar refractivity (Wildman–Crippen MR) is 72.8 cm³/mol. The summed E-state index contributed by atoms with van der Waals surface area (Å²) in [5, 5.41) is 0. The van der Waals surface area contributed by atoms with Crippen LogP contribution in [0.3, 0.4) is 0 Å². The Labute approximate surface area is 117 Å². The van der Waals surface area contributed by atoms with Gasteiger partial charge in [0.25, 0.3) is 0 Å². The molecule has 0 amide bonds. The molecule has 1 aliphatic rings. The Hall–Kier alpha value is -1.92. The minimum atomic E-state index is 0.00196. The maximum Gasteiger partial charge on any atom is 0.125 e. The molecule has 0 spiro atoms. The number of aromatic nitrogens is 4. The topological polar surface area (TPSA) is 64.0 Å². The van der Waals surface area contributed by atoms with Crippen LogP contribution in [0, 0.1) is 6.92 Å². The van der Waals surface area contributed by atoms with E-state index < -0.39 is 0 Å². The number of ether oxygens (including phenoxy) is 1. The lowest BCUT2D eigenvalue weighted by Gasteiger charge is -2.32. The molecule has 0 radical (unpaired) electrons. The van der Waals surface area contributed by atoms with E-state index in [1.165, 1.54) is 0 Å². The molecular weight excluding hydrogens is 254 g/mol. The second-order valence-corrected chi connectivity index (χ2v) is 4.82. The van der Waals surface area contributed by atoms with E-state index in [1.807, 2.05) is 13.0 Å². The van der Waals surface area contributed by atoms with Gasteiger partial charge in [0.1, 0.15) is 11.9 Å². The first-order chi connectivity index (χ1) is 9.81. The number of rotatable bonds is 3. The van der Waals surface area contributed by atoms with Crippen LogP contribution < -0.4 is 0 Å². The van der Waals surface area contributed by atoms with E-state index in [0.29, 0.717) is 6.61 Å². The summed E-state index contributed by atoms with van der Waals surface area (Å²) < 4.78 is 5.82. The summed E-state index contributed by atoms with van der Waals surface area (Å²) in [5.41, 5.74) is 1.92. The van der Waals surface area contributed by atoms with Gasteiger partial charge in [-0.3, -0.25) is 14.9 Å². The van der Waals surface area contributed by atoms with Crippen molar-refractivity contribution in [3.05, 3.63) is 48.1 Å². The molecule has 0 saturated carbocycles. The Kier molecular flexibility index (Phi) is 3.94. The van der Waals surface area contributed by atoms with Gasteiger partial charge in [-0.1, -0.05) is 0 Å². The van der Waals surface area contributed by atoms with Crippen LogP contribution in [0.2, 0.25) is 0 Å². The summed E-state index contributed by atoms with van der Waals surface area (Å²) >= 11 is 0. The zero-order valence-corrected chi connectivity index (χ0v) is 11.4. The van der Waals surface area contributed by atoms with E-state index in [1.54, 1.807) is 24.8 Å². The highest BCUT2D eigenvalue weighted by Gasteiger charge is 2.23. The van der Waals surface area contributed by atoms with Crippen molar-refractivity contribution in [1.29, 1.82) is 0 Å². The van der Waals surface area contributed by atoms with Crippen molar-refractivity contribution >= 4 is 0 Å². The van der Waals surface area contributed by atoms with Gasteiger partial charge in [0.15, 0.2) is 0 Å². The Bertz CT molecular complexity index is 563. The zero-order valence-electron chi connectivity index (χ0n) is 11.4. The third-order valence-electron chi connectivity index (χ3n) is 3.28. The molecule has 0 N–H and O–H groups in total. The Morgan fingerprint density at radius 3 is 3.05 bits per heavy atom. The van der Waals surface area contributed by atoms with Crippen molar-refractivity contribution in [2.75, 3.05) is 19.7 Å². The van der Waals surface area contributed by atoms with Crippen molar-refractivity contribution < 1.29 is 4.74 Å². The van der Waals surface area contributed by atoms with E-state index >= 15 is 0 Å². The molecular formula is C14H17N5O. The number of hydrogen-bond donors (Lipinski definition) is 0. The fourth-order valence-corrected chi connectivity index (χ4v) is 2.32. The highest BCUT2D eigenvalue weighted by Crippen LogP contribution is 2.21. The summed E-state index contributed by atoms with van der Waals surface area (Å²) in [6, 6.07) is 1.92. The van der Waals surface area contributed by atoms with Gasteiger partial charge in [0, 0.05) is 44.4 Å². The fourth-order valence-electron chi connectivity index (χ4n) is 2.32. The molecule has 1 aliphatic heterocycles. The standard InChI is InChI=1S/C14H17N5O/c1-11-16-3-2-13(18-11)14-10-19(6-7-20-14)9-12-8-15-4-5-17-12/h2-5,8,14H,6-7,9-10H2,1H3. The first kappa shape index (κ1) is 13.1. The smallest absolute Gasteiger partial charge is 0.125 e. The molecule has 0 bridgehead atoms. The van der Waals surface area contributed by atoms with Gasteiger partial charge in [-0.15, -0.1) is 0 Å². The Morgan fingerprint density at radius 1 is 1.30 bits per heavy atom. The first-order valence-corrected chi connectivity index (χ1v) is 6.69. The van der Waals surface area contributed by atoms with Crippen LogP contribution in [0.4, 0.5) is 0 Å². The van der Waals surface area contributed by atoms with Gasteiger partial charge in [-0.25, -0.2) is 9.97 Å². The summed E-state index contributed by atoms with van der Waals surface area (Å²) in [4.78, 5) is 19.3. The van der Waals surface area contributed by atoms with Gasteiger partial charge in [-0.2, -0.15) is 0 Å². The molecule has 0 aromatic carbocycles. The molecule has 0 aliphatic carbocycles. The second-order valence-electron chi connectivity index (χ2n) is 4.82. The maximum absolute atomic E-state index is 5.82. The number of aryl methyl sites for hydroxylation is 1. The SMILES string of the molecule is Cc1nccc(C2CN(Cc3cnccn3)CCO2)n1. The molecule has 6 nitrogen and oxygen atoms in total. The summed E-state index contributed by atoms with van der Waals surface area (Å²) in [5.74, 6) is 0.775. The highest BCUT2D eigenvalue weighted by molar-refractivity contribution is 5.07. The number of morpholine rings is 1. The van der Waals surface area contributed by atoms with Crippen molar-refractivity contribution in [2.24, 2.45) is 0 Å². The molecule has 2 aromatic rings.